The van der Waals surface area contributed by atoms with Crippen molar-refractivity contribution in [2.24, 2.45) is 4.99 Å². The van der Waals surface area contributed by atoms with Crippen LogP contribution in [-0.2, 0) is 6.42 Å². The quantitative estimate of drug-likeness (QED) is 0.436. The second-order valence-corrected chi connectivity index (χ2v) is 6.53. The molecule has 134 valence electrons. The molecule has 1 aliphatic heterocycles. The first-order chi connectivity index (χ1) is 11.8. The van der Waals surface area contributed by atoms with E-state index in [1.807, 2.05) is 18.5 Å². The predicted octanol–water partition coefficient (Wildman–Crippen LogP) is 2.44. The van der Waals surface area contributed by atoms with E-state index in [0.717, 1.165) is 44.5 Å². The molecular weight excluding hydrogens is 298 g/mol. The van der Waals surface area contributed by atoms with Crippen molar-refractivity contribution in [3.05, 3.63) is 30.1 Å². The van der Waals surface area contributed by atoms with Gasteiger partial charge in [0.05, 0.1) is 0 Å². The molecule has 1 fully saturated rings. The topological polar surface area (TPSA) is 52.6 Å². The zero-order valence-corrected chi connectivity index (χ0v) is 15.3. The predicted molar refractivity (Wildman–Crippen MR) is 101 cm³/mol. The van der Waals surface area contributed by atoms with Gasteiger partial charge in [0.15, 0.2) is 5.96 Å². The molecule has 1 atom stereocenters. The summed E-state index contributed by atoms with van der Waals surface area (Å²) in [5.41, 5.74) is 1.25. The Kier molecular flexibility index (Phi) is 8.60. The highest BCUT2D eigenvalue weighted by atomic mass is 15.2. The van der Waals surface area contributed by atoms with Gasteiger partial charge in [0, 0.05) is 44.6 Å². The molecule has 1 saturated heterocycles. The number of hydrogen-bond donors (Lipinski definition) is 2. The van der Waals surface area contributed by atoms with Gasteiger partial charge in [-0.15, -0.1) is 0 Å². The largest absolute Gasteiger partial charge is 0.357 e. The second kappa shape index (κ2) is 11.0. The van der Waals surface area contributed by atoms with E-state index >= 15 is 0 Å². The Labute approximate surface area is 147 Å². The van der Waals surface area contributed by atoms with Gasteiger partial charge in [-0.05, 0) is 57.7 Å². The van der Waals surface area contributed by atoms with Gasteiger partial charge in [-0.25, -0.2) is 0 Å². The van der Waals surface area contributed by atoms with Gasteiger partial charge in [0.25, 0.3) is 0 Å². The molecule has 24 heavy (non-hydrogen) atoms. The van der Waals surface area contributed by atoms with Crippen LogP contribution >= 0.6 is 0 Å². The summed E-state index contributed by atoms with van der Waals surface area (Å²) in [5.74, 6) is 0.924. The maximum atomic E-state index is 4.71. The summed E-state index contributed by atoms with van der Waals surface area (Å²) in [5, 5.41) is 6.74. The van der Waals surface area contributed by atoms with E-state index in [1.165, 1.54) is 37.9 Å². The van der Waals surface area contributed by atoms with Crippen molar-refractivity contribution >= 4 is 5.96 Å². The molecule has 0 radical (unpaired) electrons. The number of piperidine rings is 1. The van der Waals surface area contributed by atoms with E-state index in [9.17, 15) is 0 Å². The average molecular weight is 332 g/mol. The van der Waals surface area contributed by atoms with E-state index in [-0.39, 0.29) is 0 Å². The van der Waals surface area contributed by atoms with Gasteiger partial charge in [-0.3, -0.25) is 9.98 Å². The zero-order chi connectivity index (χ0) is 17.0. The number of rotatable bonds is 8. The lowest BCUT2D eigenvalue weighted by Crippen LogP contribution is -2.39. The van der Waals surface area contributed by atoms with Crippen molar-refractivity contribution in [1.29, 1.82) is 0 Å². The maximum Gasteiger partial charge on any atom is 0.191 e. The van der Waals surface area contributed by atoms with Crippen LogP contribution in [-0.4, -0.2) is 54.6 Å². The smallest absolute Gasteiger partial charge is 0.191 e. The minimum Gasteiger partial charge on any atom is -0.357 e. The molecular formula is C19H33N5. The van der Waals surface area contributed by atoms with E-state index in [0.29, 0.717) is 0 Å². The van der Waals surface area contributed by atoms with Gasteiger partial charge < -0.3 is 15.5 Å². The molecule has 5 heteroatoms. The first-order valence-electron chi connectivity index (χ1n) is 9.44. The SMILES string of the molecule is CCNC(=NCCCN1CCCCC1C)NCCc1cccnc1. The van der Waals surface area contributed by atoms with E-state index < -0.39 is 0 Å². The summed E-state index contributed by atoms with van der Waals surface area (Å²) < 4.78 is 0. The molecule has 0 bridgehead atoms. The lowest BCUT2D eigenvalue weighted by Gasteiger charge is -2.33. The zero-order valence-electron chi connectivity index (χ0n) is 15.3. The Morgan fingerprint density at radius 3 is 3.04 bits per heavy atom. The number of likely N-dealkylation sites (tertiary alicyclic amines) is 1. The Balaban J connectivity index is 1.67. The molecule has 2 N–H and O–H groups in total. The standard InChI is InChI=1S/C19H33N5/c1-3-21-19(23-13-10-18-9-6-11-20-16-18)22-12-7-15-24-14-5-4-8-17(24)2/h6,9,11,16-17H,3-5,7-8,10,12-15H2,1-2H3,(H2,21,22,23). The number of hydrogen-bond acceptors (Lipinski definition) is 3. The lowest BCUT2D eigenvalue weighted by atomic mass is 10.0. The second-order valence-electron chi connectivity index (χ2n) is 6.53. The van der Waals surface area contributed by atoms with Crippen LogP contribution in [0, 0.1) is 0 Å². The summed E-state index contributed by atoms with van der Waals surface area (Å²) in [6.07, 6.45) is 9.92. The number of nitrogens with one attached hydrogen (secondary N) is 2. The van der Waals surface area contributed by atoms with Gasteiger partial charge in [0.2, 0.25) is 0 Å². The summed E-state index contributed by atoms with van der Waals surface area (Å²) >= 11 is 0. The third kappa shape index (κ3) is 6.87. The van der Waals surface area contributed by atoms with Crippen molar-refractivity contribution in [3.63, 3.8) is 0 Å². The molecule has 2 heterocycles. The van der Waals surface area contributed by atoms with Crippen LogP contribution in [0.1, 0.15) is 45.1 Å². The van der Waals surface area contributed by atoms with E-state index in [2.05, 4.69) is 40.4 Å². The molecule has 2 rings (SSSR count). The monoisotopic (exact) mass is 331 g/mol. The highest BCUT2D eigenvalue weighted by Crippen LogP contribution is 2.16. The van der Waals surface area contributed by atoms with Crippen molar-refractivity contribution in [1.82, 2.24) is 20.5 Å². The van der Waals surface area contributed by atoms with Crippen molar-refractivity contribution in [2.45, 2.75) is 52.0 Å². The first-order valence-corrected chi connectivity index (χ1v) is 9.44. The third-order valence-electron chi connectivity index (χ3n) is 4.59. The minimum atomic E-state index is 0.744. The fourth-order valence-electron chi connectivity index (χ4n) is 3.17. The highest BCUT2D eigenvalue weighted by molar-refractivity contribution is 5.79. The molecule has 5 nitrogen and oxygen atoms in total. The van der Waals surface area contributed by atoms with Crippen molar-refractivity contribution in [3.8, 4) is 0 Å². The summed E-state index contributed by atoms with van der Waals surface area (Å²) in [6.45, 7) is 9.53. The van der Waals surface area contributed by atoms with Crippen LogP contribution in [0.25, 0.3) is 0 Å². The summed E-state index contributed by atoms with van der Waals surface area (Å²) in [4.78, 5) is 11.5. The molecule has 0 aromatic carbocycles. The highest BCUT2D eigenvalue weighted by Gasteiger charge is 2.16. The fraction of sp³-hybridized carbons (Fsp3) is 0.684. The molecule has 0 amide bonds. The number of nitrogens with zero attached hydrogens (tertiary/aromatic N) is 3. The van der Waals surface area contributed by atoms with Crippen LogP contribution < -0.4 is 10.6 Å². The van der Waals surface area contributed by atoms with Crippen LogP contribution in [0.4, 0.5) is 0 Å². The van der Waals surface area contributed by atoms with Crippen LogP contribution in [0.2, 0.25) is 0 Å². The molecule has 1 aliphatic rings. The molecule has 0 spiro atoms. The third-order valence-corrected chi connectivity index (χ3v) is 4.59. The van der Waals surface area contributed by atoms with Gasteiger partial charge in [-0.2, -0.15) is 0 Å². The van der Waals surface area contributed by atoms with Gasteiger partial charge in [-0.1, -0.05) is 12.5 Å². The molecule has 1 unspecified atom stereocenters. The van der Waals surface area contributed by atoms with Crippen LogP contribution in [0.3, 0.4) is 0 Å². The van der Waals surface area contributed by atoms with Crippen LogP contribution in [0.5, 0.6) is 0 Å². The van der Waals surface area contributed by atoms with Gasteiger partial charge in [0.1, 0.15) is 0 Å². The Hall–Kier alpha value is -1.62. The molecule has 0 saturated carbocycles. The Morgan fingerprint density at radius 1 is 1.38 bits per heavy atom. The summed E-state index contributed by atoms with van der Waals surface area (Å²) in [7, 11) is 0. The molecule has 1 aromatic heterocycles. The van der Waals surface area contributed by atoms with Crippen molar-refractivity contribution in [2.75, 3.05) is 32.7 Å². The number of aromatic nitrogens is 1. The lowest BCUT2D eigenvalue weighted by molar-refractivity contribution is 0.160. The average Bonchev–Trinajstić information content (AvgIpc) is 2.61. The molecule has 0 aliphatic carbocycles. The minimum absolute atomic E-state index is 0.744. The first kappa shape index (κ1) is 18.7. The fourth-order valence-corrected chi connectivity index (χ4v) is 3.17. The number of guanidine groups is 1. The number of pyridine rings is 1. The van der Waals surface area contributed by atoms with E-state index in [4.69, 9.17) is 4.99 Å². The number of aliphatic imine (C=N–C) groups is 1. The Morgan fingerprint density at radius 2 is 2.29 bits per heavy atom. The normalized spacial score (nSPS) is 19.2. The maximum absolute atomic E-state index is 4.71. The van der Waals surface area contributed by atoms with Gasteiger partial charge >= 0.3 is 0 Å². The van der Waals surface area contributed by atoms with Crippen LogP contribution in [0.15, 0.2) is 29.5 Å². The van der Waals surface area contributed by atoms with Crippen molar-refractivity contribution < 1.29 is 0 Å². The van der Waals surface area contributed by atoms with E-state index in [1.54, 1.807) is 0 Å². The Bertz CT molecular complexity index is 474. The summed E-state index contributed by atoms with van der Waals surface area (Å²) in [6, 6.07) is 4.84. The molecule has 1 aromatic rings.